The molecule has 0 saturated heterocycles. The van der Waals surface area contributed by atoms with Gasteiger partial charge in [-0.05, 0) is 12.1 Å². The van der Waals surface area contributed by atoms with Crippen LogP contribution in [0.5, 0.6) is 5.88 Å². The van der Waals surface area contributed by atoms with Gasteiger partial charge >= 0.3 is 6.18 Å². The highest BCUT2D eigenvalue weighted by Crippen LogP contribution is 2.34. The van der Waals surface area contributed by atoms with Gasteiger partial charge in [-0.2, -0.15) is 13.2 Å². The Kier molecular flexibility index (Phi) is 3.21. The molecule has 0 aliphatic heterocycles. The summed E-state index contributed by atoms with van der Waals surface area (Å²) in [5.74, 6) is -0.398. The zero-order valence-corrected chi connectivity index (χ0v) is 7.99. The summed E-state index contributed by atoms with van der Waals surface area (Å²) in [5.41, 5.74) is -0.551. The fraction of sp³-hybridized carbons (Fsp3) is 0.375. The lowest BCUT2D eigenvalue weighted by atomic mass is 10.2. The van der Waals surface area contributed by atoms with E-state index >= 15 is 0 Å². The number of halogens is 4. The quantitative estimate of drug-likeness (QED) is 0.722. The number of alkyl halides is 4. The van der Waals surface area contributed by atoms with Crippen LogP contribution in [0.15, 0.2) is 12.1 Å². The van der Waals surface area contributed by atoms with E-state index < -0.39 is 17.6 Å². The van der Waals surface area contributed by atoms with E-state index in [-0.39, 0.29) is 5.88 Å². The van der Waals surface area contributed by atoms with Crippen molar-refractivity contribution in [2.45, 2.75) is 12.1 Å². The highest BCUT2D eigenvalue weighted by atomic mass is 35.5. The molecule has 1 aromatic rings. The van der Waals surface area contributed by atoms with Gasteiger partial charge in [-0.3, -0.25) is 0 Å². The number of hydrogen-bond donors (Lipinski definition) is 0. The van der Waals surface area contributed by atoms with Crippen LogP contribution in [0.3, 0.4) is 0 Å². The number of aromatic nitrogens is 1. The molecule has 2 nitrogen and oxygen atoms in total. The van der Waals surface area contributed by atoms with Crippen LogP contribution in [0.1, 0.15) is 11.3 Å². The summed E-state index contributed by atoms with van der Waals surface area (Å²) in [5, 5.41) is 0. The lowest BCUT2D eigenvalue weighted by Gasteiger charge is -2.11. The van der Waals surface area contributed by atoms with Crippen molar-refractivity contribution >= 4 is 11.6 Å². The van der Waals surface area contributed by atoms with Crippen molar-refractivity contribution in [2.24, 2.45) is 0 Å². The Balaban J connectivity index is 3.18. The maximum absolute atomic E-state index is 12.3. The van der Waals surface area contributed by atoms with Crippen LogP contribution in [0.4, 0.5) is 13.2 Å². The molecule has 1 heterocycles. The van der Waals surface area contributed by atoms with Gasteiger partial charge in [-0.15, -0.1) is 11.6 Å². The molecule has 1 rings (SSSR count). The molecule has 1 aromatic heterocycles. The lowest BCUT2D eigenvalue weighted by Crippen LogP contribution is -2.09. The summed E-state index contributed by atoms with van der Waals surface area (Å²) in [6, 6.07) is 2.13. The molecule has 0 saturated carbocycles. The molecule has 0 N–H and O–H groups in total. The van der Waals surface area contributed by atoms with Crippen molar-refractivity contribution in [2.75, 3.05) is 7.11 Å². The van der Waals surface area contributed by atoms with Crippen LogP contribution < -0.4 is 4.74 Å². The lowest BCUT2D eigenvalue weighted by molar-refractivity contribution is -0.139. The van der Waals surface area contributed by atoms with E-state index in [1.165, 1.54) is 6.07 Å². The van der Waals surface area contributed by atoms with Gasteiger partial charge in [0, 0.05) is 0 Å². The monoisotopic (exact) mass is 225 g/mol. The minimum absolute atomic E-state index is 0.0501. The highest BCUT2D eigenvalue weighted by molar-refractivity contribution is 6.16. The first-order valence-electron chi connectivity index (χ1n) is 3.66. The Bertz CT molecular complexity index is 327. The van der Waals surface area contributed by atoms with Gasteiger partial charge in [0.2, 0.25) is 5.88 Å². The number of pyridine rings is 1. The molecule has 0 aromatic carbocycles. The normalized spacial score (nSPS) is 11.5. The van der Waals surface area contributed by atoms with Gasteiger partial charge in [0.05, 0.1) is 18.7 Å². The molecule has 78 valence electrons. The molecule has 0 aliphatic rings. The van der Waals surface area contributed by atoms with Crippen molar-refractivity contribution in [3.8, 4) is 5.88 Å². The van der Waals surface area contributed by atoms with Crippen molar-refractivity contribution in [3.63, 3.8) is 0 Å². The summed E-state index contributed by atoms with van der Waals surface area (Å²) in [6.45, 7) is 0. The Morgan fingerprint density at radius 3 is 2.50 bits per heavy atom. The Hall–Kier alpha value is -0.970. The third kappa shape index (κ3) is 2.29. The average molecular weight is 226 g/mol. The summed E-state index contributed by atoms with van der Waals surface area (Å²) in [6.07, 6.45) is -4.46. The third-order valence-electron chi connectivity index (χ3n) is 1.55. The molecule has 0 bridgehead atoms. The third-order valence-corrected chi connectivity index (χ3v) is 1.83. The fourth-order valence-corrected chi connectivity index (χ4v) is 1.07. The van der Waals surface area contributed by atoms with Crippen molar-refractivity contribution < 1.29 is 17.9 Å². The molecule has 6 heteroatoms. The smallest absolute Gasteiger partial charge is 0.421 e. The first kappa shape index (κ1) is 11.1. The molecule has 0 aliphatic carbocycles. The second-order valence-corrected chi connectivity index (χ2v) is 2.76. The largest absolute Gasteiger partial charge is 0.481 e. The first-order valence-corrected chi connectivity index (χ1v) is 4.19. The van der Waals surface area contributed by atoms with Gasteiger partial charge in [0.15, 0.2) is 0 Å². The maximum atomic E-state index is 12.3. The Morgan fingerprint density at radius 1 is 1.43 bits per heavy atom. The van der Waals surface area contributed by atoms with E-state index in [2.05, 4.69) is 9.72 Å². The van der Waals surface area contributed by atoms with Crippen LogP contribution in [0, 0.1) is 0 Å². The molecular weight excluding hydrogens is 219 g/mol. The van der Waals surface area contributed by atoms with E-state index in [0.717, 1.165) is 13.2 Å². The summed E-state index contributed by atoms with van der Waals surface area (Å²) < 4.78 is 41.5. The van der Waals surface area contributed by atoms with Crippen LogP contribution in [0.2, 0.25) is 0 Å². The molecule has 14 heavy (non-hydrogen) atoms. The topological polar surface area (TPSA) is 22.1 Å². The molecule has 0 unspecified atom stereocenters. The molecule has 0 spiro atoms. The average Bonchev–Trinajstić information content (AvgIpc) is 2.15. The fourth-order valence-electron chi connectivity index (χ4n) is 0.925. The predicted octanol–water partition coefficient (Wildman–Crippen LogP) is 2.85. The van der Waals surface area contributed by atoms with E-state index in [1.807, 2.05) is 0 Å². The number of nitrogens with zero attached hydrogens (tertiary/aromatic N) is 1. The second kappa shape index (κ2) is 4.04. The van der Waals surface area contributed by atoms with E-state index in [4.69, 9.17) is 11.6 Å². The van der Waals surface area contributed by atoms with Gasteiger partial charge in [-0.25, -0.2) is 4.98 Å². The standard InChI is InChI=1S/C8H7ClF3NO/c1-14-7-6(8(10,11)12)3-2-5(4-9)13-7/h2-3H,4H2,1H3. The maximum Gasteiger partial charge on any atom is 0.421 e. The number of methoxy groups -OCH3 is 1. The van der Waals surface area contributed by atoms with E-state index in [1.54, 1.807) is 0 Å². The van der Waals surface area contributed by atoms with E-state index in [0.29, 0.717) is 5.69 Å². The minimum atomic E-state index is -4.46. The second-order valence-electron chi connectivity index (χ2n) is 2.49. The predicted molar refractivity (Wildman–Crippen MR) is 45.3 cm³/mol. The Labute approximate surface area is 83.7 Å². The zero-order chi connectivity index (χ0) is 10.8. The highest BCUT2D eigenvalue weighted by Gasteiger charge is 2.35. The van der Waals surface area contributed by atoms with Crippen LogP contribution in [0.25, 0.3) is 0 Å². The minimum Gasteiger partial charge on any atom is -0.481 e. The molecule has 0 fully saturated rings. The first-order chi connectivity index (χ1) is 6.49. The van der Waals surface area contributed by atoms with E-state index in [9.17, 15) is 13.2 Å². The van der Waals surface area contributed by atoms with Gasteiger partial charge in [-0.1, -0.05) is 0 Å². The number of ether oxygens (including phenoxy) is 1. The molecule has 0 atom stereocenters. The van der Waals surface area contributed by atoms with Gasteiger partial charge < -0.3 is 4.74 Å². The summed E-state index contributed by atoms with van der Waals surface area (Å²) >= 11 is 5.42. The van der Waals surface area contributed by atoms with Crippen LogP contribution in [-0.2, 0) is 12.1 Å². The van der Waals surface area contributed by atoms with Crippen molar-refractivity contribution in [3.05, 3.63) is 23.4 Å². The van der Waals surface area contributed by atoms with Gasteiger partial charge in [0.1, 0.15) is 5.56 Å². The summed E-state index contributed by atoms with van der Waals surface area (Å²) in [4.78, 5) is 3.60. The van der Waals surface area contributed by atoms with Crippen molar-refractivity contribution in [1.82, 2.24) is 4.98 Å². The van der Waals surface area contributed by atoms with Crippen LogP contribution in [-0.4, -0.2) is 12.1 Å². The van der Waals surface area contributed by atoms with Crippen molar-refractivity contribution in [1.29, 1.82) is 0 Å². The zero-order valence-electron chi connectivity index (χ0n) is 7.23. The Morgan fingerprint density at radius 2 is 2.07 bits per heavy atom. The SMILES string of the molecule is COc1nc(CCl)ccc1C(F)(F)F. The number of hydrogen-bond acceptors (Lipinski definition) is 2. The number of rotatable bonds is 2. The molecule has 0 radical (unpaired) electrons. The molecular formula is C8H7ClF3NO. The van der Waals surface area contributed by atoms with Crippen LogP contribution >= 0.6 is 11.6 Å². The van der Waals surface area contributed by atoms with Gasteiger partial charge in [0.25, 0.3) is 0 Å². The summed E-state index contributed by atoms with van der Waals surface area (Å²) in [7, 11) is 1.13. The molecule has 0 amide bonds.